The van der Waals surface area contributed by atoms with Gasteiger partial charge in [0, 0.05) is 43.7 Å². The number of nitrogen functional groups attached to an aromatic ring is 1. The molecule has 6 nitrogen and oxygen atoms in total. The summed E-state index contributed by atoms with van der Waals surface area (Å²) in [5.74, 6) is -1.22. The van der Waals surface area contributed by atoms with Gasteiger partial charge in [-0.2, -0.15) is 5.10 Å². The predicted octanol–water partition coefficient (Wildman–Crippen LogP) is 5.04. The van der Waals surface area contributed by atoms with Gasteiger partial charge in [-0.15, -0.1) is 0 Å². The van der Waals surface area contributed by atoms with E-state index >= 15 is 0 Å². The van der Waals surface area contributed by atoms with Crippen LogP contribution in [0, 0.1) is 5.82 Å². The van der Waals surface area contributed by atoms with Crippen molar-refractivity contribution in [3.63, 3.8) is 0 Å². The molecule has 0 unspecified atom stereocenters. The second kappa shape index (κ2) is 8.79. The molecule has 0 radical (unpaired) electrons. The zero-order valence-electron chi connectivity index (χ0n) is 23.4. The molecule has 9 heteroatoms. The van der Waals surface area contributed by atoms with Crippen LogP contribution in [-0.4, -0.2) is 27.8 Å². The fraction of sp³-hybridized carbons (Fsp3) is 0.333. The summed E-state index contributed by atoms with van der Waals surface area (Å²) in [6.07, 6.45) is 1.60. The molecule has 1 aliphatic rings. The fourth-order valence-electron chi connectivity index (χ4n) is 2.90. The van der Waals surface area contributed by atoms with E-state index in [9.17, 15) is 4.39 Å². The molecule has 0 amide bonds. The van der Waals surface area contributed by atoms with Crippen molar-refractivity contribution in [2.24, 2.45) is 0 Å². The van der Waals surface area contributed by atoms with Crippen molar-refractivity contribution in [2.45, 2.75) is 31.8 Å². The SMILES string of the molecule is [2H]C1([2H])CC([2H])(n2cc(-c3cnc(N)c(O[C@@H](c4c(Cl)ccc(F)c4Cl)C([2H])([2H])[2H])c3)cn2)CC([2H])([2H])N1. The van der Waals surface area contributed by atoms with Crippen molar-refractivity contribution < 1.29 is 20.1 Å². The molecule has 1 aliphatic heterocycles. The largest absolute Gasteiger partial charge is 0.482 e. The van der Waals surface area contributed by atoms with Gasteiger partial charge in [0.2, 0.25) is 0 Å². The Balaban J connectivity index is 1.70. The maximum absolute atomic E-state index is 14.2. The van der Waals surface area contributed by atoms with Gasteiger partial charge in [0.05, 0.1) is 18.6 Å². The molecule has 2 aromatic heterocycles. The average molecular weight is 458 g/mol. The van der Waals surface area contributed by atoms with Crippen molar-refractivity contribution in [3.8, 4) is 16.9 Å². The van der Waals surface area contributed by atoms with Gasteiger partial charge in [-0.25, -0.2) is 9.37 Å². The molecule has 3 heterocycles. The number of halogens is 3. The second-order valence-corrected chi connectivity index (χ2v) is 7.22. The van der Waals surface area contributed by atoms with Crippen LogP contribution in [0.1, 0.15) is 48.3 Å². The first-order valence-corrected chi connectivity index (χ1v) is 9.57. The molecule has 3 aromatic rings. The van der Waals surface area contributed by atoms with Crippen LogP contribution in [0.15, 0.2) is 36.8 Å². The Labute approximate surface area is 195 Å². The lowest BCUT2D eigenvalue weighted by molar-refractivity contribution is 0.227. The summed E-state index contributed by atoms with van der Waals surface area (Å²) >= 11 is 12.2. The number of nitrogens with two attached hydrogens (primary N) is 1. The summed E-state index contributed by atoms with van der Waals surface area (Å²) in [5, 5.41) is 5.76. The minimum atomic E-state index is -2.83. The number of aromatic nitrogens is 3. The van der Waals surface area contributed by atoms with Crippen LogP contribution in [0.5, 0.6) is 5.75 Å². The number of hydrogen-bond acceptors (Lipinski definition) is 5. The van der Waals surface area contributed by atoms with Gasteiger partial charge in [0.15, 0.2) is 11.6 Å². The Hall–Kier alpha value is -2.35. The molecule has 1 saturated heterocycles. The van der Waals surface area contributed by atoms with E-state index < -0.39 is 42.8 Å². The molecule has 1 atom stereocenters. The number of nitrogens with zero attached hydrogens (tertiary/aromatic N) is 3. The number of rotatable bonds is 5. The molecule has 30 heavy (non-hydrogen) atoms. The van der Waals surface area contributed by atoms with Crippen LogP contribution in [0.2, 0.25) is 10.0 Å². The smallest absolute Gasteiger partial charge is 0.166 e. The molecule has 3 N–H and O–H groups in total. The molecule has 0 aliphatic carbocycles. The number of hydrogen-bond donors (Lipinski definition) is 2. The van der Waals surface area contributed by atoms with Crippen molar-refractivity contribution >= 4 is 29.0 Å². The highest BCUT2D eigenvalue weighted by Crippen LogP contribution is 2.37. The highest BCUT2D eigenvalue weighted by atomic mass is 35.5. The van der Waals surface area contributed by atoms with Crippen LogP contribution in [-0.2, 0) is 0 Å². The predicted molar refractivity (Wildman–Crippen MR) is 116 cm³/mol. The van der Waals surface area contributed by atoms with E-state index in [1.807, 2.05) is 0 Å². The van der Waals surface area contributed by atoms with E-state index in [-0.39, 0.29) is 35.0 Å². The van der Waals surface area contributed by atoms with Crippen LogP contribution >= 0.6 is 23.2 Å². The number of ether oxygens (including phenoxy) is 1. The molecule has 0 spiro atoms. The number of nitrogens with one attached hydrogen (secondary N) is 1. The number of pyridine rings is 1. The first-order valence-electron chi connectivity index (χ1n) is 12.8. The fourth-order valence-corrected chi connectivity index (χ4v) is 3.47. The van der Waals surface area contributed by atoms with Gasteiger partial charge in [0.1, 0.15) is 11.9 Å². The summed E-state index contributed by atoms with van der Waals surface area (Å²) in [6.45, 7) is -7.13. The Morgan fingerprint density at radius 2 is 2.17 bits per heavy atom. The number of piperidine rings is 1. The Morgan fingerprint density at radius 3 is 2.93 bits per heavy atom. The first kappa shape index (κ1) is 13.1. The maximum atomic E-state index is 14.2. The monoisotopic (exact) mass is 457 g/mol. The molecular formula is C21H22Cl2FN5O. The lowest BCUT2D eigenvalue weighted by atomic mass is 10.1. The summed E-state index contributed by atoms with van der Waals surface area (Å²) in [5.41, 5.74) is 6.41. The van der Waals surface area contributed by atoms with Gasteiger partial charge in [0.25, 0.3) is 0 Å². The van der Waals surface area contributed by atoms with Gasteiger partial charge < -0.3 is 15.8 Å². The lowest BCUT2D eigenvalue weighted by Crippen LogP contribution is -2.29. The Morgan fingerprint density at radius 1 is 1.37 bits per heavy atom. The normalized spacial score (nSPS) is 24.6. The zero-order valence-corrected chi connectivity index (χ0v) is 16.9. The van der Waals surface area contributed by atoms with Gasteiger partial charge in [-0.1, -0.05) is 23.2 Å². The first-order chi connectivity index (χ1) is 17.4. The Bertz CT molecular complexity index is 1350. The maximum Gasteiger partial charge on any atom is 0.166 e. The highest BCUT2D eigenvalue weighted by molar-refractivity contribution is 6.36. The van der Waals surface area contributed by atoms with Crippen molar-refractivity contribution in [3.05, 3.63) is 58.2 Å². The van der Waals surface area contributed by atoms with Crippen LogP contribution in [0.25, 0.3) is 11.1 Å². The lowest BCUT2D eigenvalue weighted by Gasteiger charge is -2.22. The average Bonchev–Trinajstić information content (AvgIpc) is 3.25. The minimum absolute atomic E-state index is 0.121. The van der Waals surface area contributed by atoms with E-state index in [2.05, 4.69) is 15.4 Å². The van der Waals surface area contributed by atoms with E-state index in [4.69, 9.17) is 44.6 Å². The van der Waals surface area contributed by atoms with Crippen molar-refractivity contribution in [2.75, 3.05) is 18.7 Å². The topological polar surface area (TPSA) is 78.0 Å². The van der Waals surface area contributed by atoms with Gasteiger partial charge >= 0.3 is 0 Å². The molecule has 4 rings (SSSR count). The molecule has 1 fully saturated rings. The van der Waals surface area contributed by atoms with E-state index in [0.29, 0.717) is 11.1 Å². The number of benzene rings is 1. The summed E-state index contributed by atoms with van der Waals surface area (Å²) in [6, 6.07) is 1.79. The third-order valence-corrected chi connectivity index (χ3v) is 5.18. The highest BCUT2D eigenvalue weighted by Gasteiger charge is 2.21. The number of anilines is 1. The van der Waals surface area contributed by atoms with Crippen molar-refractivity contribution in [1.29, 1.82) is 0 Å². The van der Waals surface area contributed by atoms with Crippen molar-refractivity contribution in [1.82, 2.24) is 20.1 Å². The summed E-state index contributed by atoms with van der Waals surface area (Å²) in [7, 11) is 0. The van der Waals surface area contributed by atoms with E-state index in [1.165, 1.54) is 24.7 Å². The quantitative estimate of drug-likeness (QED) is 0.524. The second-order valence-electron chi connectivity index (χ2n) is 6.43. The van der Waals surface area contributed by atoms with Gasteiger partial charge in [-0.05, 0) is 50.9 Å². The standard InChI is InChI=1S/C21H22Cl2FN5O/c1-12(19-16(22)2-3-17(24)20(19)23)30-18-8-13(9-27-21(18)25)14-10-28-29(11-14)15-4-6-26-7-5-15/h2-3,8-12,15,26H,4-7H2,1H3,(H2,25,27)/t12-/m1/s1/i1D3,6D2,7D2,15D. The van der Waals surface area contributed by atoms with Gasteiger partial charge in [-0.3, -0.25) is 4.68 Å². The Kier molecular flexibility index (Phi) is 3.85. The summed E-state index contributed by atoms with van der Waals surface area (Å²) < 4.78 is 85.4. The molecule has 0 saturated carbocycles. The molecule has 1 aromatic carbocycles. The van der Waals surface area contributed by atoms with Crippen LogP contribution in [0.4, 0.5) is 10.2 Å². The van der Waals surface area contributed by atoms with Crippen LogP contribution in [0.3, 0.4) is 0 Å². The minimum Gasteiger partial charge on any atom is -0.482 e. The molecular weight excluding hydrogens is 428 g/mol. The molecule has 158 valence electrons. The van der Waals surface area contributed by atoms with Crippen LogP contribution < -0.4 is 15.8 Å². The van der Waals surface area contributed by atoms with E-state index in [1.54, 1.807) is 0 Å². The summed E-state index contributed by atoms with van der Waals surface area (Å²) in [4.78, 5) is 4.05. The third kappa shape index (κ3) is 4.24. The zero-order chi connectivity index (χ0) is 28.3. The van der Waals surface area contributed by atoms with E-state index in [0.717, 1.165) is 16.8 Å². The molecule has 0 bridgehead atoms. The third-order valence-electron chi connectivity index (χ3n) is 4.47.